The molecule has 1 aliphatic rings. The van der Waals surface area contributed by atoms with E-state index in [1.807, 2.05) is 6.92 Å². The summed E-state index contributed by atoms with van der Waals surface area (Å²) in [6, 6.07) is 17.3. The van der Waals surface area contributed by atoms with E-state index in [-0.39, 0.29) is 18.3 Å². The monoisotopic (exact) mass is 296 g/mol. The average molecular weight is 296 g/mol. The molecular formula is C20H24O2. The highest BCUT2D eigenvalue weighted by molar-refractivity contribution is 5.32. The molecule has 0 bridgehead atoms. The zero-order valence-corrected chi connectivity index (χ0v) is 13.3. The molecule has 1 N–H and O–H groups in total. The first-order valence-electron chi connectivity index (χ1n) is 8.08. The van der Waals surface area contributed by atoms with Crippen molar-refractivity contribution in [3.8, 4) is 0 Å². The summed E-state index contributed by atoms with van der Waals surface area (Å²) in [7, 11) is 0. The van der Waals surface area contributed by atoms with Gasteiger partial charge in [0.25, 0.3) is 0 Å². The molecule has 3 atom stereocenters. The van der Waals surface area contributed by atoms with E-state index in [1.54, 1.807) is 0 Å². The van der Waals surface area contributed by atoms with Gasteiger partial charge in [-0.1, -0.05) is 54.1 Å². The molecule has 2 heteroatoms. The van der Waals surface area contributed by atoms with Crippen LogP contribution in [0.3, 0.4) is 0 Å². The Bertz CT molecular complexity index is 608. The fourth-order valence-electron chi connectivity index (χ4n) is 3.18. The predicted octanol–water partition coefficient (Wildman–Crippen LogP) is 4.19. The lowest BCUT2D eigenvalue weighted by molar-refractivity contribution is -0.0895. The molecule has 0 saturated carbocycles. The van der Waals surface area contributed by atoms with Crippen LogP contribution in [0.2, 0.25) is 0 Å². The van der Waals surface area contributed by atoms with Crippen molar-refractivity contribution in [1.82, 2.24) is 0 Å². The van der Waals surface area contributed by atoms with Crippen molar-refractivity contribution in [1.29, 1.82) is 0 Å². The normalized spacial score (nSPS) is 25.1. The Kier molecular flexibility index (Phi) is 4.60. The summed E-state index contributed by atoms with van der Waals surface area (Å²) in [6.07, 6.45) is 2.23. The van der Waals surface area contributed by atoms with Gasteiger partial charge in [0.1, 0.15) is 0 Å². The molecule has 2 aromatic rings. The summed E-state index contributed by atoms with van der Waals surface area (Å²) < 4.78 is 6.00. The van der Waals surface area contributed by atoms with Crippen LogP contribution in [0.1, 0.15) is 48.1 Å². The van der Waals surface area contributed by atoms with Gasteiger partial charge in [0.15, 0.2) is 0 Å². The van der Waals surface area contributed by atoms with Crippen LogP contribution in [0.15, 0.2) is 48.5 Å². The molecular weight excluding hydrogens is 272 g/mol. The van der Waals surface area contributed by atoms with Crippen molar-refractivity contribution < 1.29 is 9.84 Å². The first-order chi connectivity index (χ1) is 10.6. The zero-order valence-electron chi connectivity index (χ0n) is 13.3. The summed E-state index contributed by atoms with van der Waals surface area (Å²) in [5.41, 5.74) is 5.07. The zero-order chi connectivity index (χ0) is 15.5. The largest absolute Gasteiger partial charge is 0.393 e. The summed E-state index contributed by atoms with van der Waals surface area (Å²) in [5, 5.41) is 9.96. The Morgan fingerprint density at radius 1 is 1.05 bits per heavy atom. The van der Waals surface area contributed by atoms with E-state index in [4.69, 9.17) is 4.74 Å². The van der Waals surface area contributed by atoms with Crippen molar-refractivity contribution in [2.45, 2.75) is 51.4 Å². The number of hydrogen-bond acceptors (Lipinski definition) is 2. The second-order valence-electron chi connectivity index (χ2n) is 6.47. The Morgan fingerprint density at radius 2 is 1.82 bits per heavy atom. The highest BCUT2D eigenvalue weighted by Gasteiger charge is 2.26. The first kappa shape index (κ1) is 15.3. The van der Waals surface area contributed by atoms with Crippen molar-refractivity contribution in [2.24, 2.45) is 0 Å². The topological polar surface area (TPSA) is 29.5 Å². The van der Waals surface area contributed by atoms with Gasteiger partial charge in [-0.3, -0.25) is 0 Å². The Morgan fingerprint density at radius 3 is 2.55 bits per heavy atom. The van der Waals surface area contributed by atoms with Crippen molar-refractivity contribution in [3.05, 3.63) is 70.8 Å². The lowest BCUT2D eigenvalue weighted by atomic mass is 9.94. The standard InChI is InChI=1S/C20H24O2/c1-14-6-8-16(9-7-14)11-17-4-3-5-18(12-17)20-13-19(21)10-15(2)22-20/h3-9,12,15,19-21H,10-11,13H2,1-2H3/t15-,19+,20-/m1/s1. The predicted molar refractivity (Wildman–Crippen MR) is 89.0 cm³/mol. The van der Waals surface area contributed by atoms with Crippen LogP contribution in [0.4, 0.5) is 0 Å². The lowest BCUT2D eigenvalue weighted by Crippen LogP contribution is -2.29. The minimum atomic E-state index is -0.255. The minimum absolute atomic E-state index is 0.0108. The molecule has 22 heavy (non-hydrogen) atoms. The summed E-state index contributed by atoms with van der Waals surface area (Å²) >= 11 is 0. The van der Waals surface area contributed by atoms with Crippen LogP contribution in [0, 0.1) is 6.92 Å². The van der Waals surface area contributed by atoms with Crippen molar-refractivity contribution in [3.63, 3.8) is 0 Å². The third-order valence-corrected chi connectivity index (χ3v) is 4.34. The molecule has 0 unspecified atom stereocenters. The second kappa shape index (κ2) is 6.64. The van der Waals surface area contributed by atoms with Crippen LogP contribution in [0.5, 0.6) is 0 Å². The van der Waals surface area contributed by atoms with Gasteiger partial charge in [-0.05, 0) is 43.4 Å². The highest BCUT2D eigenvalue weighted by atomic mass is 16.5. The van der Waals surface area contributed by atoms with E-state index >= 15 is 0 Å². The van der Waals surface area contributed by atoms with Gasteiger partial charge in [-0.2, -0.15) is 0 Å². The number of hydrogen-bond donors (Lipinski definition) is 1. The van der Waals surface area contributed by atoms with E-state index < -0.39 is 0 Å². The molecule has 0 amide bonds. The molecule has 1 aliphatic heterocycles. The van der Waals surface area contributed by atoms with Gasteiger partial charge in [0.05, 0.1) is 18.3 Å². The molecule has 2 nitrogen and oxygen atoms in total. The smallest absolute Gasteiger partial charge is 0.0853 e. The molecule has 2 aromatic carbocycles. The number of aryl methyl sites for hydroxylation is 1. The molecule has 1 fully saturated rings. The molecule has 3 rings (SSSR count). The molecule has 0 radical (unpaired) electrons. The maximum Gasteiger partial charge on any atom is 0.0853 e. The maximum absolute atomic E-state index is 9.96. The summed E-state index contributed by atoms with van der Waals surface area (Å²) in [5.74, 6) is 0. The number of aliphatic hydroxyl groups excluding tert-OH is 1. The minimum Gasteiger partial charge on any atom is -0.393 e. The maximum atomic E-state index is 9.96. The van der Waals surface area contributed by atoms with Crippen LogP contribution in [0.25, 0.3) is 0 Å². The SMILES string of the molecule is Cc1ccc(Cc2cccc([C@H]3C[C@@H](O)C[C@@H](C)O3)c2)cc1. The lowest BCUT2D eigenvalue weighted by Gasteiger charge is -2.31. The average Bonchev–Trinajstić information content (AvgIpc) is 2.49. The third kappa shape index (κ3) is 3.76. The fourth-order valence-corrected chi connectivity index (χ4v) is 3.18. The summed E-state index contributed by atoms with van der Waals surface area (Å²) in [4.78, 5) is 0. The Balaban J connectivity index is 1.76. The van der Waals surface area contributed by atoms with E-state index in [0.29, 0.717) is 6.42 Å². The van der Waals surface area contributed by atoms with Gasteiger partial charge >= 0.3 is 0 Å². The molecule has 116 valence electrons. The summed E-state index contributed by atoms with van der Waals surface area (Å²) in [6.45, 7) is 4.14. The van der Waals surface area contributed by atoms with Crippen LogP contribution >= 0.6 is 0 Å². The van der Waals surface area contributed by atoms with E-state index in [0.717, 1.165) is 12.8 Å². The number of aliphatic hydroxyl groups is 1. The third-order valence-electron chi connectivity index (χ3n) is 4.34. The Hall–Kier alpha value is -1.64. The van der Waals surface area contributed by atoms with Gasteiger partial charge in [-0.15, -0.1) is 0 Å². The van der Waals surface area contributed by atoms with Crippen molar-refractivity contribution >= 4 is 0 Å². The number of rotatable bonds is 3. The quantitative estimate of drug-likeness (QED) is 0.920. The van der Waals surface area contributed by atoms with Gasteiger partial charge < -0.3 is 9.84 Å². The van der Waals surface area contributed by atoms with Gasteiger partial charge in [-0.25, -0.2) is 0 Å². The fraction of sp³-hybridized carbons (Fsp3) is 0.400. The van der Waals surface area contributed by atoms with E-state index in [9.17, 15) is 5.11 Å². The van der Waals surface area contributed by atoms with Crippen LogP contribution in [-0.4, -0.2) is 17.3 Å². The second-order valence-corrected chi connectivity index (χ2v) is 6.47. The first-order valence-corrected chi connectivity index (χ1v) is 8.08. The van der Waals surface area contributed by atoms with E-state index in [1.165, 1.54) is 22.3 Å². The van der Waals surface area contributed by atoms with Gasteiger partial charge in [0, 0.05) is 6.42 Å². The molecule has 0 aliphatic carbocycles. The number of ether oxygens (including phenoxy) is 1. The molecule has 1 heterocycles. The Labute approximate surface area is 132 Å². The van der Waals surface area contributed by atoms with Crippen molar-refractivity contribution in [2.75, 3.05) is 0 Å². The highest BCUT2D eigenvalue weighted by Crippen LogP contribution is 2.31. The molecule has 0 spiro atoms. The molecule has 0 aromatic heterocycles. The number of benzene rings is 2. The van der Waals surface area contributed by atoms with Gasteiger partial charge in [0.2, 0.25) is 0 Å². The van der Waals surface area contributed by atoms with Crippen LogP contribution < -0.4 is 0 Å². The van der Waals surface area contributed by atoms with E-state index in [2.05, 4.69) is 55.5 Å². The van der Waals surface area contributed by atoms with Crippen LogP contribution in [-0.2, 0) is 11.2 Å². The molecule has 1 saturated heterocycles.